The zero-order valence-electron chi connectivity index (χ0n) is 10.3. The first-order valence-electron chi connectivity index (χ1n) is 5.89. The second-order valence-electron chi connectivity index (χ2n) is 4.03. The van der Waals surface area contributed by atoms with E-state index in [9.17, 15) is 8.42 Å². The first-order chi connectivity index (χ1) is 9.12. The monoisotopic (exact) mass is 280 g/mol. The van der Waals surface area contributed by atoms with Crippen LogP contribution in [0.1, 0.15) is 11.4 Å². The molecule has 2 aromatic rings. The molecular weight excluding hydrogens is 264 g/mol. The van der Waals surface area contributed by atoms with Crippen molar-refractivity contribution in [1.82, 2.24) is 14.7 Å². The van der Waals surface area contributed by atoms with Gasteiger partial charge in [-0.3, -0.25) is 0 Å². The Morgan fingerprint density at radius 2 is 2.00 bits per heavy atom. The second kappa shape index (κ2) is 5.96. The van der Waals surface area contributed by atoms with E-state index in [0.717, 1.165) is 11.4 Å². The van der Waals surface area contributed by atoms with Crippen LogP contribution in [0.3, 0.4) is 0 Å². The number of sulfonamides is 1. The van der Waals surface area contributed by atoms with Crippen molar-refractivity contribution in [3.05, 3.63) is 48.0 Å². The first-order valence-corrected chi connectivity index (χ1v) is 7.37. The molecule has 0 fully saturated rings. The molecule has 4 N–H and O–H groups in total. The number of nitrogens with two attached hydrogens (primary N) is 1. The molecule has 7 heteroatoms. The van der Waals surface area contributed by atoms with Crippen LogP contribution in [0.4, 0.5) is 0 Å². The molecule has 0 radical (unpaired) electrons. The van der Waals surface area contributed by atoms with E-state index in [-0.39, 0.29) is 4.90 Å². The predicted octanol–water partition coefficient (Wildman–Crippen LogP) is 0.389. The third-order valence-corrected chi connectivity index (χ3v) is 4.16. The first kappa shape index (κ1) is 13.7. The fourth-order valence-corrected chi connectivity index (χ4v) is 2.66. The van der Waals surface area contributed by atoms with Gasteiger partial charge in [0.2, 0.25) is 10.0 Å². The lowest BCUT2D eigenvalue weighted by Crippen LogP contribution is -2.26. The standard InChI is InChI=1S/C12H16N4O2S/c13-9-10-1-3-11(4-2-10)19(17,18)16-6-5-12-14-7-8-15-12/h1-4,7-8,16H,5-6,9,13H2,(H,14,15). The molecule has 1 aromatic carbocycles. The summed E-state index contributed by atoms with van der Waals surface area (Å²) < 4.78 is 26.5. The van der Waals surface area contributed by atoms with E-state index in [0.29, 0.717) is 19.5 Å². The molecule has 1 aromatic heterocycles. The van der Waals surface area contributed by atoms with Crippen LogP contribution in [0.5, 0.6) is 0 Å². The Hall–Kier alpha value is -1.70. The lowest BCUT2D eigenvalue weighted by Gasteiger charge is -2.06. The molecule has 0 saturated heterocycles. The second-order valence-corrected chi connectivity index (χ2v) is 5.80. The molecular formula is C12H16N4O2S. The summed E-state index contributed by atoms with van der Waals surface area (Å²) in [6, 6.07) is 6.52. The van der Waals surface area contributed by atoms with Crippen molar-refractivity contribution in [3.8, 4) is 0 Å². The van der Waals surface area contributed by atoms with Crippen LogP contribution in [-0.2, 0) is 23.0 Å². The molecule has 0 atom stereocenters. The number of hydrogen-bond acceptors (Lipinski definition) is 4. The quantitative estimate of drug-likeness (QED) is 0.712. The normalized spacial score (nSPS) is 11.6. The highest BCUT2D eigenvalue weighted by Crippen LogP contribution is 2.10. The maximum atomic E-state index is 12.0. The average molecular weight is 280 g/mol. The largest absolute Gasteiger partial charge is 0.349 e. The summed E-state index contributed by atoms with van der Waals surface area (Å²) in [5.74, 6) is 0.751. The summed E-state index contributed by atoms with van der Waals surface area (Å²) >= 11 is 0. The van der Waals surface area contributed by atoms with E-state index >= 15 is 0 Å². The van der Waals surface area contributed by atoms with Crippen molar-refractivity contribution in [2.45, 2.75) is 17.9 Å². The zero-order chi connectivity index (χ0) is 13.7. The predicted molar refractivity (Wildman–Crippen MR) is 71.8 cm³/mol. The summed E-state index contributed by atoms with van der Waals surface area (Å²) in [4.78, 5) is 7.19. The molecule has 0 aliphatic heterocycles. The molecule has 102 valence electrons. The number of benzene rings is 1. The molecule has 0 unspecified atom stereocenters. The number of aromatic amines is 1. The van der Waals surface area contributed by atoms with Gasteiger partial charge in [0.05, 0.1) is 4.90 Å². The van der Waals surface area contributed by atoms with Crippen LogP contribution in [0.2, 0.25) is 0 Å². The fourth-order valence-electron chi connectivity index (χ4n) is 1.63. The number of rotatable bonds is 6. The molecule has 2 rings (SSSR count). The van der Waals surface area contributed by atoms with Crippen molar-refractivity contribution >= 4 is 10.0 Å². The number of nitrogens with one attached hydrogen (secondary N) is 2. The van der Waals surface area contributed by atoms with Gasteiger partial charge in [-0.05, 0) is 17.7 Å². The molecule has 19 heavy (non-hydrogen) atoms. The van der Waals surface area contributed by atoms with Gasteiger partial charge < -0.3 is 10.7 Å². The fraction of sp³-hybridized carbons (Fsp3) is 0.250. The highest BCUT2D eigenvalue weighted by molar-refractivity contribution is 7.89. The van der Waals surface area contributed by atoms with Crippen LogP contribution in [-0.4, -0.2) is 24.9 Å². The van der Waals surface area contributed by atoms with Gasteiger partial charge in [-0.2, -0.15) is 0 Å². The Morgan fingerprint density at radius 3 is 2.58 bits per heavy atom. The van der Waals surface area contributed by atoms with E-state index in [1.807, 2.05) is 0 Å². The Morgan fingerprint density at radius 1 is 1.26 bits per heavy atom. The van der Waals surface area contributed by atoms with Gasteiger partial charge in [0, 0.05) is 31.9 Å². The number of H-pyrrole nitrogens is 1. The zero-order valence-corrected chi connectivity index (χ0v) is 11.2. The van der Waals surface area contributed by atoms with Gasteiger partial charge in [0.15, 0.2) is 0 Å². The summed E-state index contributed by atoms with van der Waals surface area (Å²) in [6.07, 6.45) is 3.86. The van der Waals surface area contributed by atoms with Crippen molar-refractivity contribution in [1.29, 1.82) is 0 Å². The minimum absolute atomic E-state index is 0.240. The van der Waals surface area contributed by atoms with Crippen molar-refractivity contribution in [2.75, 3.05) is 6.54 Å². The molecule has 0 saturated carbocycles. The molecule has 6 nitrogen and oxygen atoms in total. The number of imidazole rings is 1. The third kappa shape index (κ3) is 3.63. The van der Waals surface area contributed by atoms with Crippen molar-refractivity contribution < 1.29 is 8.42 Å². The number of aromatic nitrogens is 2. The van der Waals surface area contributed by atoms with E-state index < -0.39 is 10.0 Å². The summed E-state index contributed by atoms with van der Waals surface area (Å²) in [5.41, 5.74) is 6.37. The Labute approximate surface area is 112 Å². The van der Waals surface area contributed by atoms with Gasteiger partial charge >= 0.3 is 0 Å². The maximum absolute atomic E-state index is 12.0. The topological polar surface area (TPSA) is 101 Å². The summed E-state index contributed by atoms with van der Waals surface area (Å²) in [5, 5.41) is 0. The maximum Gasteiger partial charge on any atom is 0.240 e. The lowest BCUT2D eigenvalue weighted by molar-refractivity contribution is 0.581. The molecule has 0 amide bonds. The SMILES string of the molecule is NCc1ccc(S(=O)(=O)NCCc2ncc[nH]2)cc1. The highest BCUT2D eigenvalue weighted by atomic mass is 32.2. The molecule has 0 spiro atoms. The third-order valence-electron chi connectivity index (χ3n) is 2.68. The van der Waals surface area contributed by atoms with Crippen LogP contribution >= 0.6 is 0 Å². The van der Waals surface area contributed by atoms with Gasteiger partial charge in [0.1, 0.15) is 5.82 Å². The molecule has 0 aliphatic rings. The minimum atomic E-state index is -3.47. The number of hydrogen-bond donors (Lipinski definition) is 3. The van der Waals surface area contributed by atoms with E-state index in [1.165, 1.54) is 0 Å². The highest BCUT2D eigenvalue weighted by Gasteiger charge is 2.13. The Balaban J connectivity index is 1.97. The van der Waals surface area contributed by atoms with Gasteiger partial charge in [-0.1, -0.05) is 12.1 Å². The molecule has 1 heterocycles. The van der Waals surface area contributed by atoms with Crippen LogP contribution in [0.25, 0.3) is 0 Å². The smallest absolute Gasteiger partial charge is 0.240 e. The summed E-state index contributed by atoms with van der Waals surface area (Å²) in [7, 11) is -3.47. The van der Waals surface area contributed by atoms with E-state index in [1.54, 1.807) is 36.7 Å². The van der Waals surface area contributed by atoms with Crippen LogP contribution in [0, 0.1) is 0 Å². The van der Waals surface area contributed by atoms with E-state index in [4.69, 9.17) is 5.73 Å². The lowest BCUT2D eigenvalue weighted by atomic mass is 10.2. The van der Waals surface area contributed by atoms with Gasteiger partial charge in [-0.25, -0.2) is 18.1 Å². The van der Waals surface area contributed by atoms with E-state index in [2.05, 4.69) is 14.7 Å². The summed E-state index contributed by atoms with van der Waals surface area (Å²) in [6.45, 7) is 0.695. The Bertz CT molecular complexity index is 606. The number of nitrogens with zero attached hydrogens (tertiary/aromatic N) is 1. The Kier molecular flexibility index (Phi) is 4.31. The van der Waals surface area contributed by atoms with Crippen molar-refractivity contribution in [3.63, 3.8) is 0 Å². The van der Waals surface area contributed by atoms with Crippen molar-refractivity contribution in [2.24, 2.45) is 5.73 Å². The minimum Gasteiger partial charge on any atom is -0.349 e. The average Bonchev–Trinajstić information content (AvgIpc) is 2.92. The van der Waals surface area contributed by atoms with Crippen LogP contribution in [0.15, 0.2) is 41.6 Å². The molecule has 0 aliphatic carbocycles. The van der Waals surface area contributed by atoms with Crippen LogP contribution < -0.4 is 10.5 Å². The van der Waals surface area contributed by atoms with Gasteiger partial charge in [-0.15, -0.1) is 0 Å². The molecule has 0 bridgehead atoms. The van der Waals surface area contributed by atoms with Gasteiger partial charge in [0.25, 0.3) is 0 Å².